The molecule has 0 radical (unpaired) electrons. The molecule has 0 amide bonds. The fourth-order valence-electron chi connectivity index (χ4n) is 2.16. The summed E-state index contributed by atoms with van der Waals surface area (Å²) in [6.45, 7) is 4.18. The van der Waals surface area contributed by atoms with Gasteiger partial charge in [0.15, 0.2) is 5.16 Å². The van der Waals surface area contributed by atoms with E-state index in [-0.39, 0.29) is 0 Å². The van der Waals surface area contributed by atoms with E-state index in [1.54, 1.807) is 0 Å². The molecule has 3 N–H and O–H groups in total. The van der Waals surface area contributed by atoms with E-state index in [2.05, 4.69) is 28.9 Å². The Bertz CT molecular complexity index is 723. The summed E-state index contributed by atoms with van der Waals surface area (Å²) in [5.41, 5.74) is 9.87. The van der Waals surface area contributed by atoms with E-state index in [9.17, 15) is 0 Å². The molecule has 0 unspecified atom stereocenters. The lowest BCUT2D eigenvalue weighted by molar-refractivity contribution is 0.670. The first-order valence-corrected chi connectivity index (χ1v) is 7.33. The number of benzene rings is 1. The van der Waals surface area contributed by atoms with E-state index in [0.29, 0.717) is 5.92 Å². The van der Waals surface area contributed by atoms with Gasteiger partial charge in [-0.3, -0.25) is 4.68 Å². The summed E-state index contributed by atoms with van der Waals surface area (Å²) in [4.78, 5) is 7.85. The summed E-state index contributed by atoms with van der Waals surface area (Å²) in [6, 6.07) is 7.97. The molecule has 0 saturated heterocycles. The molecule has 3 aromatic rings. The molecule has 0 saturated carbocycles. The molecule has 20 heavy (non-hydrogen) atoms. The summed E-state index contributed by atoms with van der Waals surface area (Å²) in [5.74, 6) is 0.311. The molecule has 0 aliphatic carbocycles. The van der Waals surface area contributed by atoms with Gasteiger partial charge in [0.1, 0.15) is 5.03 Å². The molecule has 3 rings (SSSR count). The Morgan fingerprint density at radius 1 is 1.30 bits per heavy atom. The van der Waals surface area contributed by atoms with Crippen LogP contribution >= 0.6 is 11.8 Å². The lowest BCUT2D eigenvalue weighted by Gasteiger charge is -2.01. The monoisotopic (exact) mass is 287 g/mol. The number of nitrogens with zero attached hydrogens (tertiary/aromatic N) is 3. The second kappa shape index (κ2) is 4.86. The second-order valence-electron chi connectivity index (χ2n) is 5.04. The van der Waals surface area contributed by atoms with Crippen molar-refractivity contribution in [1.29, 1.82) is 0 Å². The first-order chi connectivity index (χ1) is 9.56. The Labute approximate surface area is 121 Å². The van der Waals surface area contributed by atoms with Gasteiger partial charge in [0, 0.05) is 7.05 Å². The molecule has 5 nitrogen and oxygen atoms in total. The number of aromatic amines is 1. The van der Waals surface area contributed by atoms with Gasteiger partial charge in [0.25, 0.3) is 0 Å². The van der Waals surface area contributed by atoms with E-state index in [1.807, 2.05) is 36.0 Å². The van der Waals surface area contributed by atoms with Crippen LogP contribution in [0.5, 0.6) is 0 Å². The standard InChI is InChI=1S/C14H17N5S/c1-8(2)12-11(15)13(19(3)18-12)20-14-16-9-6-4-5-7-10(9)17-14/h4-8H,15H2,1-3H3,(H,16,17). The van der Waals surface area contributed by atoms with Crippen LogP contribution in [0, 0.1) is 0 Å². The molecule has 0 aliphatic rings. The number of aryl methyl sites for hydroxylation is 1. The van der Waals surface area contributed by atoms with E-state index < -0.39 is 0 Å². The first-order valence-electron chi connectivity index (χ1n) is 6.51. The van der Waals surface area contributed by atoms with Gasteiger partial charge in [0.2, 0.25) is 0 Å². The summed E-state index contributed by atoms with van der Waals surface area (Å²) < 4.78 is 1.82. The third-order valence-electron chi connectivity index (χ3n) is 3.17. The van der Waals surface area contributed by atoms with Gasteiger partial charge < -0.3 is 10.7 Å². The number of imidazole rings is 1. The molecule has 0 atom stereocenters. The van der Waals surface area contributed by atoms with Crippen LogP contribution in [0.1, 0.15) is 25.5 Å². The van der Waals surface area contributed by atoms with Crippen molar-refractivity contribution in [3.8, 4) is 0 Å². The van der Waals surface area contributed by atoms with Crippen LogP contribution in [0.25, 0.3) is 11.0 Å². The highest BCUT2D eigenvalue weighted by Crippen LogP contribution is 2.35. The highest BCUT2D eigenvalue weighted by molar-refractivity contribution is 7.99. The van der Waals surface area contributed by atoms with Crippen LogP contribution in [0.4, 0.5) is 5.69 Å². The molecule has 2 heterocycles. The normalized spacial score (nSPS) is 11.6. The number of para-hydroxylation sites is 2. The van der Waals surface area contributed by atoms with E-state index in [4.69, 9.17) is 5.73 Å². The predicted octanol–water partition coefficient (Wildman–Crippen LogP) is 3.15. The largest absolute Gasteiger partial charge is 0.395 e. The van der Waals surface area contributed by atoms with Crippen molar-refractivity contribution in [2.75, 3.05) is 5.73 Å². The average molecular weight is 287 g/mol. The van der Waals surface area contributed by atoms with Crippen molar-refractivity contribution < 1.29 is 0 Å². The number of hydrogen-bond acceptors (Lipinski definition) is 4. The van der Waals surface area contributed by atoms with Crippen LogP contribution in [-0.2, 0) is 7.05 Å². The summed E-state index contributed by atoms with van der Waals surface area (Å²) in [5, 5.41) is 6.24. The van der Waals surface area contributed by atoms with Crippen molar-refractivity contribution in [2.24, 2.45) is 7.05 Å². The quantitative estimate of drug-likeness (QED) is 0.776. The fraction of sp³-hybridized carbons (Fsp3) is 0.286. The van der Waals surface area contributed by atoms with Crippen molar-refractivity contribution in [1.82, 2.24) is 19.7 Å². The van der Waals surface area contributed by atoms with Crippen LogP contribution in [-0.4, -0.2) is 19.7 Å². The van der Waals surface area contributed by atoms with E-state index >= 15 is 0 Å². The molecule has 0 bridgehead atoms. The van der Waals surface area contributed by atoms with Gasteiger partial charge in [0.05, 0.1) is 22.4 Å². The number of aromatic nitrogens is 4. The van der Waals surface area contributed by atoms with Gasteiger partial charge in [-0.25, -0.2) is 4.98 Å². The third kappa shape index (κ3) is 2.16. The zero-order chi connectivity index (χ0) is 14.3. The number of nitrogen functional groups attached to an aromatic ring is 1. The van der Waals surface area contributed by atoms with Crippen molar-refractivity contribution >= 4 is 28.5 Å². The lowest BCUT2D eigenvalue weighted by Crippen LogP contribution is -1.94. The summed E-state index contributed by atoms with van der Waals surface area (Å²) in [6.07, 6.45) is 0. The summed E-state index contributed by atoms with van der Waals surface area (Å²) in [7, 11) is 1.91. The van der Waals surface area contributed by atoms with Crippen molar-refractivity contribution in [3.63, 3.8) is 0 Å². The highest BCUT2D eigenvalue weighted by atomic mass is 32.2. The number of anilines is 1. The molecule has 6 heteroatoms. The number of nitrogens with two attached hydrogens (primary N) is 1. The minimum Gasteiger partial charge on any atom is -0.395 e. The number of fused-ring (bicyclic) bond motifs is 1. The molecular formula is C14H17N5S. The molecule has 104 valence electrons. The molecule has 2 aromatic heterocycles. The van der Waals surface area contributed by atoms with Crippen molar-refractivity contribution in [3.05, 3.63) is 30.0 Å². The van der Waals surface area contributed by atoms with Gasteiger partial charge in [-0.15, -0.1) is 0 Å². The first kappa shape index (κ1) is 13.1. The minimum absolute atomic E-state index is 0.311. The van der Waals surface area contributed by atoms with Crippen LogP contribution in [0.2, 0.25) is 0 Å². The van der Waals surface area contributed by atoms with Crippen LogP contribution in [0.3, 0.4) is 0 Å². The average Bonchev–Trinajstić information content (AvgIpc) is 2.94. The van der Waals surface area contributed by atoms with Crippen molar-refractivity contribution in [2.45, 2.75) is 29.9 Å². The predicted molar refractivity (Wildman–Crippen MR) is 81.9 cm³/mol. The Balaban J connectivity index is 1.98. The topological polar surface area (TPSA) is 72.5 Å². The Kier molecular flexibility index (Phi) is 3.17. The zero-order valence-electron chi connectivity index (χ0n) is 11.7. The Morgan fingerprint density at radius 3 is 2.70 bits per heavy atom. The zero-order valence-corrected chi connectivity index (χ0v) is 12.5. The second-order valence-corrected chi connectivity index (χ2v) is 6.02. The Hall–Kier alpha value is -1.95. The van der Waals surface area contributed by atoms with E-state index in [0.717, 1.165) is 32.6 Å². The highest BCUT2D eigenvalue weighted by Gasteiger charge is 2.18. The number of rotatable bonds is 3. The lowest BCUT2D eigenvalue weighted by atomic mass is 10.1. The molecular weight excluding hydrogens is 270 g/mol. The number of nitrogens with one attached hydrogen (secondary N) is 1. The maximum atomic E-state index is 6.20. The number of H-pyrrole nitrogens is 1. The third-order valence-corrected chi connectivity index (χ3v) is 4.23. The smallest absolute Gasteiger partial charge is 0.172 e. The maximum absolute atomic E-state index is 6.20. The minimum atomic E-state index is 0.311. The molecule has 1 aromatic carbocycles. The SMILES string of the molecule is CC(C)c1nn(C)c(Sc2nc3ccccc3[nH]2)c1N. The molecule has 0 spiro atoms. The van der Waals surface area contributed by atoms with Gasteiger partial charge >= 0.3 is 0 Å². The van der Waals surface area contributed by atoms with E-state index in [1.165, 1.54) is 11.8 Å². The van der Waals surface area contributed by atoms with Crippen LogP contribution < -0.4 is 5.73 Å². The Morgan fingerprint density at radius 2 is 2.05 bits per heavy atom. The number of hydrogen-bond donors (Lipinski definition) is 2. The maximum Gasteiger partial charge on any atom is 0.172 e. The summed E-state index contributed by atoms with van der Waals surface area (Å²) >= 11 is 1.51. The van der Waals surface area contributed by atoms with Gasteiger partial charge in [-0.2, -0.15) is 5.10 Å². The van der Waals surface area contributed by atoms with Gasteiger partial charge in [-0.05, 0) is 29.8 Å². The fourth-order valence-corrected chi connectivity index (χ4v) is 3.04. The van der Waals surface area contributed by atoms with Gasteiger partial charge in [-0.1, -0.05) is 26.0 Å². The van der Waals surface area contributed by atoms with Crippen LogP contribution in [0.15, 0.2) is 34.4 Å². The molecule has 0 aliphatic heterocycles. The molecule has 0 fully saturated rings.